The van der Waals surface area contributed by atoms with Gasteiger partial charge in [0.05, 0.1) is 6.42 Å². The van der Waals surface area contributed by atoms with Gasteiger partial charge in [0.25, 0.3) is 0 Å². The minimum atomic E-state index is -1.79. The molecule has 0 radical (unpaired) electrons. The number of nitrogens with one attached hydrogen (secondary N) is 1. The van der Waals surface area contributed by atoms with Gasteiger partial charge in [-0.2, -0.15) is 0 Å². The molecule has 0 amide bonds. The standard InChI is InChI=1S/C11H12N2O2.C4H6O5/c12-9(11(14)15)5-7-6-13-10-4-2-1-3-8(7)10;5-2(4(8)9)1-3(6)7/h1-4,6,9,13H,5,12H2,(H,14,15);2,5H,1H2,(H,6,7)(H,8,9)/t9-;2-/m10/s1. The lowest BCUT2D eigenvalue weighted by molar-refractivity contribution is -0.152. The number of carboxylic acid groups (broad SMARTS) is 3. The van der Waals surface area contributed by atoms with Crippen molar-refractivity contribution in [2.24, 2.45) is 5.73 Å². The molecule has 0 saturated carbocycles. The number of carboxylic acids is 3. The average molecular weight is 338 g/mol. The first kappa shape index (κ1) is 19.1. The van der Waals surface area contributed by atoms with Gasteiger partial charge >= 0.3 is 17.9 Å². The Hall–Kier alpha value is -2.91. The smallest absolute Gasteiger partial charge is 0.333 e. The minimum Gasteiger partial charge on any atom is -0.481 e. The fourth-order valence-corrected chi connectivity index (χ4v) is 1.88. The zero-order valence-corrected chi connectivity index (χ0v) is 12.5. The van der Waals surface area contributed by atoms with E-state index in [9.17, 15) is 14.4 Å². The minimum absolute atomic E-state index is 0.347. The van der Waals surface area contributed by atoms with Gasteiger partial charge in [0, 0.05) is 23.5 Å². The summed E-state index contributed by atoms with van der Waals surface area (Å²) in [7, 11) is 0. The van der Waals surface area contributed by atoms with Crippen molar-refractivity contribution < 1.29 is 34.8 Å². The molecule has 7 N–H and O–H groups in total. The van der Waals surface area contributed by atoms with Crippen LogP contribution in [0.15, 0.2) is 30.5 Å². The molecule has 24 heavy (non-hydrogen) atoms. The van der Waals surface area contributed by atoms with E-state index < -0.39 is 36.5 Å². The summed E-state index contributed by atoms with van der Waals surface area (Å²) in [6.07, 6.45) is -0.384. The van der Waals surface area contributed by atoms with Crippen molar-refractivity contribution in [3.8, 4) is 0 Å². The number of aromatic amines is 1. The van der Waals surface area contributed by atoms with Crippen molar-refractivity contribution in [2.75, 3.05) is 0 Å². The maximum absolute atomic E-state index is 10.6. The second-order valence-electron chi connectivity index (χ2n) is 4.96. The lowest BCUT2D eigenvalue weighted by atomic mass is 10.1. The van der Waals surface area contributed by atoms with Gasteiger partial charge in [-0.3, -0.25) is 9.59 Å². The van der Waals surface area contributed by atoms with E-state index in [4.69, 9.17) is 26.2 Å². The Kier molecular flexibility index (Phi) is 6.90. The number of fused-ring (bicyclic) bond motifs is 1. The summed E-state index contributed by atoms with van der Waals surface area (Å²) in [6, 6.07) is 6.91. The molecule has 1 aromatic heterocycles. The maximum Gasteiger partial charge on any atom is 0.333 e. The SMILES string of the molecule is N[C@H](Cc1c[nH]c2ccccc12)C(=O)O.O=C(O)C[C@H](O)C(=O)O. The first-order valence-corrected chi connectivity index (χ1v) is 6.88. The van der Waals surface area contributed by atoms with E-state index >= 15 is 0 Å². The molecule has 0 unspecified atom stereocenters. The highest BCUT2D eigenvalue weighted by molar-refractivity contribution is 5.84. The van der Waals surface area contributed by atoms with Crippen molar-refractivity contribution in [1.82, 2.24) is 4.98 Å². The number of aliphatic hydroxyl groups is 1. The molecule has 9 nitrogen and oxygen atoms in total. The van der Waals surface area contributed by atoms with Gasteiger partial charge < -0.3 is 31.1 Å². The van der Waals surface area contributed by atoms with E-state index in [0.29, 0.717) is 6.42 Å². The monoisotopic (exact) mass is 338 g/mol. The van der Waals surface area contributed by atoms with Gasteiger partial charge in [0.15, 0.2) is 6.10 Å². The summed E-state index contributed by atoms with van der Waals surface area (Å²) in [5.74, 6) is -3.82. The molecule has 0 bridgehead atoms. The number of para-hydroxylation sites is 1. The van der Waals surface area contributed by atoms with Crippen molar-refractivity contribution in [1.29, 1.82) is 0 Å². The van der Waals surface area contributed by atoms with Crippen molar-refractivity contribution in [3.05, 3.63) is 36.0 Å². The maximum atomic E-state index is 10.6. The molecule has 130 valence electrons. The molecule has 1 heterocycles. The summed E-state index contributed by atoms with van der Waals surface area (Å²) < 4.78 is 0. The fourth-order valence-electron chi connectivity index (χ4n) is 1.88. The number of hydrogen-bond donors (Lipinski definition) is 6. The summed E-state index contributed by atoms with van der Waals surface area (Å²) >= 11 is 0. The summed E-state index contributed by atoms with van der Waals surface area (Å²) in [4.78, 5) is 33.1. The normalized spacial score (nSPS) is 12.8. The summed E-state index contributed by atoms with van der Waals surface area (Å²) in [6.45, 7) is 0. The largest absolute Gasteiger partial charge is 0.481 e. The number of aliphatic hydroxyl groups excluding tert-OH is 1. The molecule has 0 spiro atoms. The van der Waals surface area contributed by atoms with Gasteiger partial charge in [-0.15, -0.1) is 0 Å². The van der Waals surface area contributed by atoms with E-state index in [1.165, 1.54) is 0 Å². The van der Waals surface area contributed by atoms with Crippen molar-refractivity contribution in [3.63, 3.8) is 0 Å². The van der Waals surface area contributed by atoms with E-state index in [-0.39, 0.29) is 0 Å². The van der Waals surface area contributed by atoms with E-state index in [1.54, 1.807) is 0 Å². The quantitative estimate of drug-likeness (QED) is 0.427. The van der Waals surface area contributed by atoms with E-state index in [2.05, 4.69) is 4.98 Å². The van der Waals surface area contributed by atoms with Gasteiger partial charge in [-0.05, 0) is 11.6 Å². The van der Waals surface area contributed by atoms with Crippen LogP contribution in [0, 0.1) is 0 Å². The van der Waals surface area contributed by atoms with Crippen LogP contribution in [0.4, 0.5) is 0 Å². The number of H-pyrrole nitrogens is 1. The van der Waals surface area contributed by atoms with E-state index in [1.807, 2.05) is 30.5 Å². The molecule has 0 aliphatic heterocycles. The van der Waals surface area contributed by atoms with Crippen LogP contribution in [-0.2, 0) is 20.8 Å². The highest BCUT2D eigenvalue weighted by Gasteiger charge is 2.16. The van der Waals surface area contributed by atoms with Gasteiger partial charge in [-0.25, -0.2) is 4.79 Å². The number of aromatic nitrogens is 1. The Labute approximate surface area is 136 Å². The highest BCUT2D eigenvalue weighted by Crippen LogP contribution is 2.18. The third-order valence-electron chi connectivity index (χ3n) is 3.08. The number of nitrogens with two attached hydrogens (primary N) is 1. The predicted octanol–water partition coefficient (Wildman–Crippen LogP) is 0.0289. The van der Waals surface area contributed by atoms with Crippen LogP contribution in [0.5, 0.6) is 0 Å². The second kappa shape index (κ2) is 8.65. The van der Waals surface area contributed by atoms with Crippen LogP contribution in [0.25, 0.3) is 10.9 Å². The molecule has 2 atom stereocenters. The Balaban J connectivity index is 0.000000277. The second-order valence-corrected chi connectivity index (χ2v) is 4.96. The van der Waals surface area contributed by atoms with Crippen LogP contribution >= 0.6 is 0 Å². The molecule has 0 aliphatic carbocycles. The van der Waals surface area contributed by atoms with Gasteiger partial charge in [0.1, 0.15) is 6.04 Å². The Bertz CT molecular complexity index is 725. The fraction of sp³-hybridized carbons (Fsp3) is 0.267. The van der Waals surface area contributed by atoms with Crippen LogP contribution in [0.2, 0.25) is 0 Å². The number of hydrogen-bond acceptors (Lipinski definition) is 5. The summed E-state index contributed by atoms with van der Waals surface area (Å²) in [5.41, 5.74) is 7.43. The number of aliphatic carboxylic acids is 3. The van der Waals surface area contributed by atoms with Crippen molar-refractivity contribution in [2.45, 2.75) is 25.0 Å². The molecule has 0 aliphatic rings. The van der Waals surface area contributed by atoms with Crippen molar-refractivity contribution >= 4 is 28.8 Å². The first-order valence-electron chi connectivity index (χ1n) is 6.88. The molecule has 1 aromatic carbocycles. The lowest BCUT2D eigenvalue weighted by Gasteiger charge is -2.04. The molecular formula is C15H18N2O7. The lowest BCUT2D eigenvalue weighted by Crippen LogP contribution is -2.32. The molecule has 2 aromatic rings. The van der Waals surface area contributed by atoms with Gasteiger partial charge in [-0.1, -0.05) is 18.2 Å². The first-order chi connectivity index (χ1) is 11.2. The summed E-state index contributed by atoms with van der Waals surface area (Å²) in [5, 5.41) is 33.9. The highest BCUT2D eigenvalue weighted by atomic mass is 16.4. The average Bonchev–Trinajstić information content (AvgIpc) is 2.90. The van der Waals surface area contributed by atoms with Crippen LogP contribution in [-0.4, -0.2) is 55.5 Å². The Morgan fingerprint density at radius 1 is 1.08 bits per heavy atom. The zero-order chi connectivity index (χ0) is 18.3. The molecule has 0 saturated heterocycles. The number of rotatable bonds is 6. The van der Waals surface area contributed by atoms with Crippen LogP contribution in [0.1, 0.15) is 12.0 Å². The van der Waals surface area contributed by atoms with Gasteiger partial charge in [0.2, 0.25) is 0 Å². The topological polar surface area (TPSA) is 174 Å². The molecular weight excluding hydrogens is 320 g/mol. The molecule has 2 rings (SSSR count). The zero-order valence-electron chi connectivity index (χ0n) is 12.5. The molecule has 9 heteroatoms. The molecule has 0 fully saturated rings. The number of carbonyl (C=O) groups is 3. The third-order valence-corrected chi connectivity index (χ3v) is 3.08. The Morgan fingerprint density at radius 2 is 1.71 bits per heavy atom. The van der Waals surface area contributed by atoms with Crippen LogP contribution in [0.3, 0.4) is 0 Å². The number of benzene rings is 1. The predicted molar refractivity (Wildman–Crippen MR) is 83.5 cm³/mol. The van der Waals surface area contributed by atoms with E-state index in [0.717, 1.165) is 16.5 Å². The Morgan fingerprint density at radius 3 is 2.21 bits per heavy atom. The third kappa shape index (κ3) is 5.71. The van der Waals surface area contributed by atoms with Crippen LogP contribution < -0.4 is 5.73 Å².